The average Bonchev–Trinajstić information content (AvgIpc) is 1.82. The van der Waals surface area contributed by atoms with Crippen LogP contribution in [-0.2, 0) is 9.59 Å². The molecule has 0 amide bonds. The number of hydrogen-bond acceptors (Lipinski definition) is 2. The molecule has 0 radical (unpaired) electrons. The number of carboxylic acid groups (broad SMARTS) is 2. The maximum atomic E-state index is 10.8. The Labute approximate surface area is 77.9 Å². The second kappa shape index (κ2) is 3.74. The lowest BCUT2D eigenvalue weighted by atomic mass is 10.3. The van der Waals surface area contributed by atoms with E-state index in [1.54, 1.807) is 0 Å². The Morgan fingerprint density at radius 3 is 1.46 bits per heavy atom. The van der Waals surface area contributed by atoms with Crippen molar-refractivity contribution in [3.63, 3.8) is 0 Å². The molecule has 0 fully saturated rings. The van der Waals surface area contributed by atoms with Crippen molar-refractivity contribution < 1.29 is 19.8 Å². The highest BCUT2D eigenvalue weighted by Crippen LogP contribution is 2.18. The fourth-order valence-corrected chi connectivity index (χ4v) is 3.02. The van der Waals surface area contributed by atoms with E-state index in [1.807, 2.05) is 19.6 Å². The highest BCUT2D eigenvalue weighted by molar-refractivity contribution is 6.87. The molecule has 0 bridgehead atoms. The van der Waals surface area contributed by atoms with Gasteiger partial charge >= 0.3 is 11.9 Å². The highest BCUT2D eigenvalue weighted by atomic mass is 28.3. The Bertz CT molecular complexity index is 272. The molecule has 4 nitrogen and oxygen atoms in total. The maximum Gasteiger partial charge on any atom is 0.331 e. The van der Waals surface area contributed by atoms with E-state index in [0.29, 0.717) is 0 Å². The van der Waals surface area contributed by atoms with Crippen LogP contribution in [0.2, 0.25) is 19.6 Å². The second-order valence-electron chi connectivity index (χ2n) is 3.86. The van der Waals surface area contributed by atoms with E-state index in [9.17, 15) is 9.59 Å². The average molecular weight is 202 g/mol. The van der Waals surface area contributed by atoms with Gasteiger partial charge in [-0.25, -0.2) is 9.59 Å². The van der Waals surface area contributed by atoms with Crippen LogP contribution in [0.25, 0.3) is 0 Å². The highest BCUT2D eigenvalue weighted by Gasteiger charge is 2.29. The van der Waals surface area contributed by atoms with Crippen molar-refractivity contribution in [2.75, 3.05) is 0 Å². The number of carbonyl (C=O) groups is 2. The van der Waals surface area contributed by atoms with Crippen molar-refractivity contribution in [1.29, 1.82) is 0 Å². The largest absolute Gasteiger partial charge is 0.478 e. The topological polar surface area (TPSA) is 74.6 Å². The van der Waals surface area contributed by atoms with Gasteiger partial charge in [0, 0.05) is 10.8 Å². The number of rotatable bonds is 3. The van der Waals surface area contributed by atoms with E-state index in [1.165, 1.54) is 6.92 Å². The van der Waals surface area contributed by atoms with Gasteiger partial charge in [-0.1, -0.05) is 19.6 Å². The molecule has 2 N–H and O–H groups in total. The summed E-state index contributed by atoms with van der Waals surface area (Å²) in [5.41, 5.74) is -0.0494. The third kappa shape index (κ3) is 3.02. The van der Waals surface area contributed by atoms with E-state index >= 15 is 0 Å². The van der Waals surface area contributed by atoms with E-state index in [0.717, 1.165) is 0 Å². The van der Waals surface area contributed by atoms with Crippen LogP contribution < -0.4 is 0 Å². The summed E-state index contributed by atoms with van der Waals surface area (Å²) in [5.74, 6) is -2.26. The van der Waals surface area contributed by atoms with E-state index in [-0.39, 0.29) is 10.8 Å². The fourth-order valence-electron chi connectivity index (χ4n) is 1.15. The summed E-state index contributed by atoms with van der Waals surface area (Å²) in [7, 11) is -2.08. The minimum absolute atomic E-state index is 0.0494. The molecule has 13 heavy (non-hydrogen) atoms. The third-order valence-corrected chi connectivity index (χ3v) is 3.75. The van der Waals surface area contributed by atoms with E-state index in [2.05, 4.69) is 0 Å². The zero-order valence-corrected chi connectivity index (χ0v) is 9.21. The summed E-state index contributed by atoms with van der Waals surface area (Å²) in [5, 5.41) is 17.6. The van der Waals surface area contributed by atoms with Gasteiger partial charge in [-0.05, 0) is 6.92 Å². The van der Waals surface area contributed by atoms with Gasteiger partial charge in [0.15, 0.2) is 0 Å². The van der Waals surface area contributed by atoms with Gasteiger partial charge in [0.05, 0.1) is 8.07 Å². The van der Waals surface area contributed by atoms with E-state index < -0.39 is 20.0 Å². The van der Waals surface area contributed by atoms with Gasteiger partial charge in [0.2, 0.25) is 0 Å². The van der Waals surface area contributed by atoms with Crippen LogP contribution in [0.1, 0.15) is 6.92 Å². The molecule has 74 valence electrons. The molecule has 0 spiro atoms. The molecule has 0 aromatic carbocycles. The molecule has 0 atom stereocenters. The Morgan fingerprint density at radius 2 is 1.38 bits per heavy atom. The van der Waals surface area contributed by atoms with Crippen LogP contribution in [0, 0.1) is 0 Å². The lowest BCUT2D eigenvalue weighted by molar-refractivity contribution is -0.135. The van der Waals surface area contributed by atoms with Gasteiger partial charge in [-0.3, -0.25) is 0 Å². The SMILES string of the molecule is C/C(C(=O)O)=C(\C(=O)O)[Si](C)(C)C. The van der Waals surface area contributed by atoms with Crippen molar-refractivity contribution in [3.8, 4) is 0 Å². The summed E-state index contributed by atoms with van der Waals surface area (Å²) < 4.78 is 0. The first kappa shape index (κ1) is 11.9. The molecule has 0 unspecified atom stereocenters. The Morgan fingerprint density at radius 1 is 1.00 bits per heavy atom. The van der Waals surface area contributed by atoms with Crippen LogP contribution in [0.5, 0.6) is 0 Å². The third-order valence-electron chi connectivity index (χ3n) is 1.66. The van der Waals surface area contributed by atoms with Crippen molar-refractivity contribution >= 4 is 20.0 Å². The summed E-state index contributed by atoms with van der Waals surface area (Å²) in [6, 6.07) is 0. The lowest BCUT2D eigenvalue weighted by Crippen LogP contribution is -2.32. The molecule has 5 heteroatoms. The van der Waals surface area contributed by atoms with Crippen LogP contribution in [0.4, 0.5) is 0 Å². The minimum atomic E-state index is -2.08. The normalized spacial score (nSPS) is 13.5. The zero-order chi connectivity index (χ0) is 10.8. The first-order chi connectivity index (χ1) is 5.68. The van der Waals surface area contributed by atoms with Crippen molar-refractivity contribution in [1.82, 2.24) is 0 Å². The molecule has 0 rings (SSSR count). The smallest absolute Gasteiger partial charge is 0.331 e. The zero-order valence-electron chi connectivity index (χ0n) is 8.21. The molecular formula is C8H14O4Si. The molecule has 0 aromatic rings. The van der Waals surface area contributed by atoms with Crippen LogP contribution in [0.15, 0.2) is 10.8 Å². The van der Waals surface area contributed by atoms with Gasteiger partial charge < -0.3 is 10.2 Å². The molecule has 0 aliphatic carbocycles. The van der Waals surface area contributed by atoms with Crippen molar-refractivity contribution in [2.24, 2.45) is 0 Å². The van der Waals surface area contributed by atoms with Crippen molar-refractivity contribution in [3.05, 3.63) is 10.8 Å². The quantitative estimate of drug-likeness (QED) is 0.535. The molecule has 0 saturated heterocycles. The van der Waals surface area contributed by atoms with Gasteiger partial charge in [-0.15, -0.1) is 0 Å². The molecule has 0 aromatic heterocycles. The van der Waals surface area contributed by atoms with Gasteiger partial charge in [0.1, 0.15) is 0 Å². The molecule has 0 aliphatic heterocycles. The minimum Gasteiger partial charge on any atom is -0.478 e. The molecule has 0 saturated carbocycles. The summed E-state index contributed by atoms with van der Waals surface area (Å²) in [4.78, 5) is 21.4. The van der Waals surface area contributed by atoms with Crippen LogP contribution in [-0.4, -0.2) is 30.2 Å². The number of carboxylic acids is 2. The van der Waals surface area contributed by atoms with Crippen LogP contribution >= 0.6 is 0 Å². The summed E-state index contributed by atoms with van der Waals surface area (Å²) in [6.07, 6.45) is 0. The molecular weight excluding hydrogens is 188 g/mol. The first-order valence-corrected chi connectivity index (χ1v) is 7.36. The van der Waals surface area contributed by atoms with Crippen LogP contribution in [0.3, 0.4) is 0 Å². The second-order valence-corrected chi connectivity index (χ2v) is 8.86. The molecule has 0 aliphatic rings. The Hall–Kier alpha value is -1.10. The summed E-state index contributed by atoms with van der Waals surface area (Å²) >= 11 is 0. The summed E-state index contributed by atoms with van der Waals surface area (Å²) in [6.45, 7) is 6.76. The Kier molecular flexibility index (Phi) is 3.42. The van der Waals surface area contributed by atoms with E-state index in [4.69, 9.17) is 10.2 Å². The van der Waals surface area contributed by atoms with Gasteiger partial charge in [0.25, 0.3) is 0 Å². The Balaban J connectivity index is 5.40. The fraction of sp³-hybridized carbons (Fsp3) is 0.500. The predicted molar refractivity (Wildman–Crippen MR) is 51.3 cm³/mol. The van der Waals surface area contributed by atoms with Gasteiger partial charge in [-0.2, -0.15) is 0 Å². The predicted octanol–water partition coefficient (Wildman–Crippen LogP) is 1.35. The number of aliphatic carboxylic acids is 2. The standard InChI is InChI=1S/C8H14O4Si/c1-5(7(9)10)6(8(11)12)13(2,3)4/h1-4H3,(H,9,10)(H,11,12)/b6-5-. The van der Waals surface area contributed by atoms with Crippen molar-refractivity contribution in [2.45, 2.75) is 26.6 Å². The monoisotopic (exact) mass is 202 g/mol. The first-order valence-electron chi connectivity index (χ1n) is 3.86. The maximum absolute atomic E-state index is 10.8. The lowest BCUT2D eigenvalue weighted by Gasteiger charge is -2.18. The molecule has 0 heterocycles. The number of hydrogen-bond donors (Lipinski definition) is 2.